The van der Waals surface area contributed by atoms with Gasteiger partial charge in [-0.2, -0.15) is 17.5 Å². The number of alkyl halides is 3. The SMILES string of the molecule is CS(=O)(=O)N(CCNS(=O)(=O)C(F)(F)F)[C@@H]1CCN2CCc3ccccc3[C@@H]2C1. The number of hydrogen-bond acceptors (Lipinski definition) is 5. The van der Waals surface area contributed by atoms with Crippen LogP contribution in [0.4, 0.5) is 13.2 Å². The Bertz CT molecular complexity index is 951. The van der Waals surface area contributed by atoms with Crippen molar-refractivity contribution in [3.05, 3.63) is 35.4 Å². The van der Waals surface area contributed by atoms with Gasteiger partial charge in [-0.1, -0.05) is 24.3 Å². The van der Waals surface area contributed by atoms with E-state index in [9.17, 15) is 30.0 Å². The van der Waals surface area contributed by atoms with Crippen molar-refractivity contribution in [1.29, 1.82) is 0 Å². The van der Waals surface area contributed by atoms with Gasteiger partial charge in [-0.3, -0.25) is 4.90 Å². The van der Waals surface area contributed by atoms with Crippen LogP contribution < -0.4 is 4.72 Å². The molecule has 0 aliphatic carbocycles. The van der Waals surface area contributed by atoms with E-state index in [1.54, 1.807) is 0 Å². The maximum absolute atomic E-state index is 12.5. The fourth-order valence-corrected chi connectivity index (χ4v) is 5.87. The summed E-state index contributed by atoms with van der Waals surface area (Å²) in [6.07, 6.45) is 2.96. The van der Waals surface area contributed by atoms with Gasteiger partial charge in [0.2, 0.25) is 10.0 Å². The first-order valence-corrected chi connectivity index (χ1v) is 12.6. The van der Waals surface area contributed by atoms with Crippen molar-refractivity contribution >= 4 is 20.0 Å². The van der Waals surface area contributed by atoms with Crippen LogP contribution in [-0.2, 0) is 26.5 Å². The van der Waals surface area contributed by atoms with Gasteiger partial charge in [-0.05, 0) is 30.4 Å². The van der Waals surface area contributed by atoms with E-state index in [1.807, 2.05) is 18.2 Å². The average Bonchev–Trinajstić information content (AvgIpc) is 2.63. The summed E-state index contributed by atoms with van der Waals surface area (Å²) in [5.74, 6) is 0. The smallest absolute Gasteiger partial charge is 0.296 e. The fourth-order valence-electron chi connectivity index (χ4n) is 4.19. The highest BCUT2D eigenvalue weighted by Gasteiger charge is 2.46. The van der Waals surface area contributed by atoms with E-state index in [1.165, 1.54) is 10.3 Å². The molecule has 12 heteroatoms. The predicted octanol–water partition coefficient (Wildman–Crippen LogP) is 1.45. The van der Waals surface area contributed by atoms with Crippen LogP contribution >= 0.6 is 0 Å². The highest BCUT2D eigenvalue weighted by molar-refractivity contribution is 7.90. The van der Waals surface area contributed by atoms with E-state index in [4.69, 9.17) is 0 Å². The second-order valence-electron chi connectivity index (χ2n) is 7.40. The van der Waals surface area contributed by atoms with Crippen molar-refractivity contribution in [2.24, 2.45) is 0 Å². The molecule has 0 saturated carbocycles. The molecule has 1 aromatic rings. The highest BCUT2D eigenvalue weighted by Crippen LogP contribution is 2.38. The van der Waals surface area contributed by atoms with Crippen molar-refractivity contribution in [1.82, 2.24) is 13.9 Å². The summed E-state index contributed by atoms with van der Waals surface area (Å²) in [4.78, 5) is 2.30. The first kappa shape index (κ1) is 22.5. The minimum atomic E-state index is -5.51. The summed E-state index contributed by atoms with van der Waals surface area (Å²) in [6.45, 7) is 0.548. The zero-order valence-electron chi connectivity index (χ0n) is 15.9. The summed E-state index contributed by atoms with van der Waals surface area (Å²) in [7, 11) is -9.24. The summed E-state index contributed by atoms with van der Waals surface area (Å²) < 4.78 is 87.0. The lowest BCUT2D eigenvalue weighted by Gasteiger charge is -2.45. The number of fused-ring (bicyclic) bond motifs is 3. The number of piperidine rings is 1. The molecule has 0 spiro atoms. The minimum Gasteiger partial charge on any atom is -0.296 e. The van der Waals surface area contributed by atoms with Gasteiger partial charge >= 0.3 is 15.5 Å². The summed E-state index contributed by atoms with van der Waals surface area (Å²) >= 11 is 0. The van der Waals surface area contributed by atoms with Crippen LogP contribution in [0.15, 0.2) is 24.3 Å². The first-order valence-electron chi connectivity index (χ1n) is 9.25. The Morgan fingerprint density at radius 1 is 1.17 bits per heavy atom. The van der Waals surface area contributed by atoms with Gasteiger partial charge in [0, 0.05) is 38.3 Å². The second-order valence-corrected chi connectivity index (χ2v) is 11.1. The zero-order chi connectivity index (χ0) is 21.4. The molecule has 3 rings (SSSR count). The quantitative estimate of drug-likeness (QED) is 0.702. The van der Waals surface area contributed by atoms with Crippen LogP contribution in [0.25, 0.3) is 0 Å². The Balaban J connectivity index is 1.74. The molecule has 2 aliphatic heterocycles. The normalized spacial score (nSPS) is 23.6. The number of benzene rings is 1. The van der Waals surface area contributed by atoms with Crippen LogP contribution in [-0.4, -0.2) is 70.0 Å². The number of nitrogens with zero attached hydrogens (tertiary/aromatic N) is 2. The minimum absolute atomic E-state index is 0.0369. The van der Waals surface area contributed by atoms with E-state index < -0.39 is 38.1 Å². The third kappa shape index (κ3) is 4.93. The second kappa shape index (κ2) is 8.14. The van der Waals surface area contributed by atoms with E-state index >= 15 is 0 Å². The Morgan fingerprint density at radius 3 is 2.52 bits per heavy atom. The molecule has 0 aromatic heterocycles. The van der Waals surface area contributed by atoms with Crippen LogP contribution in [0.2, 0.25) is 0 Å². The molecule has 7 nitrogen and oxygen atoms in total. The number of halogens is 3. The summed E-state index contributed by atoms with van der Waals surface area (Å²) in [5.41, 5.74) is -3.06. The van der Waals surface area contributed by atoms with E-state index in [0.29, 0.717) is 19.4 Å². The summed E-state index contributed by atoms with van der Waals surface area (Å²) in [5, 5.41) is 0. The molecule has 1 fully saturated rings. The van der Waals surface area contributed by atoms with Gasteiger partial charge in [-0.15, -0.1) is 0 Å². The molecule has 2 aliphatic rings. The molecule has 2 atom stereocenters. The summed E-state index contributed by atoms with van der Waals surface area (Å²) in [6, 6.07) is 7.60. The van der Waals surface area contributed by atoms with Crippen LogP contribution in [0.1, 0.15) is 30.0 Å². The number of sulfonamides is 2. The van der Waals surface area contributed by atoms with E-state index in [0.717, 1.165) is 29.1 Å². The molecule has 1 N–H and O–H groups in total. The largest absolute Gasteiger partial charge is 0.511 e. The standard InChI is InChI=1S/C17H24F3N3O4S2/c1-28(24,25)23(11-8-21-29(26,27)17(18,19)20)14-7-10-22-9-6-13-4-2-3-5-15(13)16(22)12-14/h2-5,14,16,21H,6-12H2,1H3/t14-,16+/m1/s1. The molecule has 0 bridgehead atoms. The lowest BCUT2D eigenvalue weighted by Crippen LogP contribution is -2.51. The maximum atomic E-state index is 12.5. The van der Waals surface area contributed by atoms with Crippen molar-refractivity contribution < 1.29 is 30.0 Å². The van der Waals surface area contributed by atoms with Gasteiger partial charge in [0.15, 0.2) is 0 Å². The van der Waals surface area contributed by atoms with Crippen LogP contribution in [0, 0.1) is 0 Å². The lowest BCUT2D eigenvalue weighted by atomic mass is 9.85. The molecule has 0 radical (unpaired) electrons. The van der Waals surface area contributed by atoms with Crippen molar-refractivity contribution in [3.63, 3.8) is 0 Å². The lowest BCUT2D eigenvalue weighted by molar-refractivity contribution is -0.0447. The third-order valence-corrected chi connectivity index (χ3v) is 8.06. The maximum Gasteiger partial charge on any atom is 0.511 e. The van der Waals surface area contributed by atoms with Gasteiger partial charge in [0.25, 0.3) is 0 Å². The van der Waals surface area contributed by atoms with Gasteiger partial charge in [0.1, 0.15) is 0 Å². The molecule has 0 unspecified atom stereocenters. The number of rotatable bonds is 6. The predicted molar refractivity (Wildman–Crippen MR) is 102 cm³/mol. The molecule has 29 heavy (non-hydrogen) atoms. The topological polar surface area (TPSA) is 86.8 Å². The van der Waals surface area contributed by atoms with Crippen LogP contribution in [0.5, 0.6) is 0 Å². The Morgan fingerprint density at radius 2 is 1.86 bits per heavy atom. The third-order valence-electron chi connectivity index (χ3n) is 5.53. The first-order chi connectivity index (χ1) is 13.4. The average molecular weight is 456 g/mol. The van der Waals surface area contributed by atoms with E-state index in [-0.39, 0.29) is 12.6 Å². The molecule has 1 aromatic carbocycles. The molecule has 1 saturated heterocycles. The Labute approximate surface area is 169 Å². The fraction of sp³-hybridized carbons (Fsp3) is 0.647. The van der Waals surface area contributed by atoms with Gasteiger partial charge in [-0.25, -0.2) is 21.6 Å². The van der Waals surface area contributed by atoms with Crippen molar-refractivity contribution in [3.8, 4) is 0 Å². The molecule has 2 heterocycles. The molecule has 0 amide bonds. The number of hydrogen-bond donors (Lipinski definition) is 1. The number of nitrogens with one attached hydrogen (secondary N) is 1. The van der Waals surface area contributed by atoms with Crippen LogP contribution in [0.3, 0.4) is 0 Å². The van der Waals surface area contributed by atoms with Gasteiger partial charge < -0.3 is 0 Å². The van der Waals surface area contributed by atoms with E-state index in [2.05, 4.69) is 11.0 Å². The van der Waals surface area contributed by atoms with Crippen molar-refractivity contribution in [2.75, 3.05) is 32.4 Å². The van der Waals surface area contributed by atoms with Gasteiger partial charge in [0.05, 0.1) is 6.26 Å². The Hall–Kier alpha value is -1.21. The monoisotopic (exact) mass is 455 g/mol. The zero-order valence-corrected chi connectivity index (χ0v) is 17.5. The Kier molecular flexibility index (Phi) is 6.31. The van der Waals surface area contributed by atoms with Crippen molar-refractivity contribution in [2.45, 2.75) is 36.9 Å². The molecular weight excluding hydrogens is 431 g/mol. The molecular formula is C17H24F3N3O4S2. The molecule has 164 valence electrons. The highest BCUT2D eigenvalue weighted by atomic mass is 32.2.